The summed E-state index contributed by atoms with van der Waals surface area (Å²) in [6, 6.07) is 0. The van der Waals surface area contributed by atoms with Crippen LogP contribution in [0.2, 0.25) is 0 Å². The van der Waals surface area contributed by atoms with Crippen LogP contribution in [0.5, 0.6) is 0 Å². The molecule has 2 nitrogen and oxygen atoms in total. The first kappa shape index (κ1) is 13.2. The highest BCUT2D eigenvalue weighted by Crippen LogP contribution is 2.56. The summed E-state index contributed by atoms with van der Waals surface area (Å²) in [5.41, 5.74) is 0. The fourth-order valence-electron chi connectivity index (χ4n) is 3.13. The van der Waals surface area contributed by atoms with Crippen LogP contribution in [0.25, 0.3) is 0 Å². The van der Waals surface area contributed by atoms with Gasteiger partial charge in [-0.3, -0.25) is 4.79 Å². The molecule has 5 heteroatoms. The van der Waals surface area contributed by atoms with Gasteiger partial charge in [0, 0.05) is 17.8 Å². The Hall–Kier alpha value is -0.190. The van der Waals surface area contributed by atoms with Crippen molar-refractivity contribution in [3.63, 3.8) is 0 Å². The standard InChI is InChI=1S/C12H18BrF2NO/c13-5-6-16(7-10(14)15)12(17)11-8-3-1-2-4-9(8)11/h8-11H,1-7H2. The molecule has 0 aromatic rings. The predicted octanol–water partition coefficient (Wildman–Crippen LogP) is 2.91. The van der Waals surface area contributed by atoms with Crippen LogP contribution in [0, 0.1) is 17.8 Å². The third-order valence-electron chi connectivity index (χ3n) is 3.97. The first-order valence-corrected chi connectivity index (χ1v) is 7.40. The van der Waals surface area contributed by atoms with Gasteiger partial charge in [0.2, 0.25) is 5.91 Å². The molecule has 0 aliphatic heterocycles. The fourth-order valence-corrected chi connectivity index (χ4v) is 3.56. The Balaban J connectivity index is 1.92. The number of nitrogens with zero attached hydrogens (tertiary/aromatic N) is 1. The van der Waals surface area contributed by atoms with Crippen molar-refractivity contribution in [3.05, 3.63) is 0 Å². The summed E-state index contributed by atoms with van der Waals surface area (Å²) < 4.78 is 24.8. The molecule has 0 bridgehead atoms. The zero-order chi connectivity index (χ0) is 12.4. The summed E-state index contributed by atoms with van der Waals surface area (Å²) >= 11 is 3.22. The number of carbonyl (C=O) groups excluding carboxylic acids is 1. The lowest BCUT2D eigenvalue weighted by atomic mass is 10.0. The van der Waals surface area contributed by atoms with Gasteiger partial charge in [0.15, 0.2) is 0 Å². The Morgan fingerprint density at radius 3 is 2.35 bits per heavy atom. The van der Waals surface area contributed by atoms with Gasteiger partial charge in [-0.05, 0) is 24.7 Å². The second-order valence-electron chi connectivity index (χ2n) is 5.00. The summed E-state index contributed by atoms with van der Waals surface area (Å²) in [7, 11) is 0. The molecule has 0 saturated heterocycles. The molecule has 0 N–H and O–H groups in total. The Labute approximate surface area is 109 Å². The number of hydrogen-bond acceptors (Lipinski definition) is 1. The van der Waals surface area contributed by atoms with Gasteiger partial charge in [-0.1, -0.05) is 28.8 Å². The van der Waals surface area contributed by atoms with E-state index in [2.05, 4.69) is 15.9 Å². The molecule has 0 aromatic heterocycles. The van der Waals surface area contributed by atoms with E-state index >= 15 is 0 Å². The molecule has 2 atom stereocenters. The molecule has 17 heavy (non-hydrogen) atoms. The van der Waals surface area contributed by atoms with Crippen LogP contribution in [-0.4, -0.2) is 35.7 Å². The van der Waals surface area contributed by atoms with E-state index in [0.29, 0.717) is 23.7 Å². The lowest BCUT2D eigenvalue weighted by Gasteiger charge is -2.21. The maximum atomic E-state index is 12.4. The molecular weight excluding hydrogens is 292 g/mol. The van der Waals surface area contributed by atoms with Crippen LogP contribution in [0.3, 0.4) is 0 Å². The van der Waals surface area contributed by atoms with E-state index in [1.54, 1.807) is 0 Å². The number of amides is 1. The van der Waals surface area contributed by atoms with Gasteiger partial charge in [-0.15, -0.1) is 0 Å². The molecule has 0 spiro atoms. The van der Waals surface area contributed by atoms with E-state index in [4.69, 9.17) is 0 Å². The second-order valence-corrected chi connectivity index (χ2v) is 5.80. The minimum atomic E-state index is -2.43. The topological polar surface area (TPSA) is 20.3 Å². The maximum Gasteiger partial charge on any atom is 0.255 e. The van der Waals surface area contributed by atoms with E-state index in [1.807, 2.05) is 0 Å². The van der Waals surface area contributed by atoms with Crippen LogP contribution in [0.15, 0.2) is 0 Å². The van der Waals surface area contributed by atoms with Crippen molar-refractivity contribution in [3.8, 4) is 0 Å². The minimum Gasteiger partial charge on any atom is -0.336 e. The van der Waals surface area contributed by atoms with Crippen molar-refractivity contribution >= 4 is 21.8 Å². The highest BCUT2D eigenvalue weighted by molar-refractivity contribution is 9.09. The molecule has 2 rings (SSSR count). The normalized spacial score (nSPS) is 31.2. The van der Waals surface area contributed by atoms with Crippen LogP contribution in [0.4, 0.5) is 8.78 Å². The predicted molar refractivity (Wildman–Crippen MR) is 65.3 cm³/mol. The number of rotatable bonds is 5. The summed E-state index contributed by atoms with van der Waals surface area (Å²) in [5.74, 6) is 0.996. The molecule has 2 unspecified atom stereocenters. The highest BCUT2D eigenvalue weighted by Gasteiger charge is 2.55. The third-order valence-corrected chi connectivity index (χ3v) is 4.32. The third kappa shape index (κ3) is 2.98. The van der Waals surface area contributed by atoms with Gasteiger partial charge < -0.3 is 4.90 Å². The van der Waals surface area contributed by atoms with E-state index in [-0.39, 0.29) is 11.8 Å². The van der Waals surface area contributed by atoms with Gasteiger partial charge in [-0.2, -0.15) is 0 Å². The maximum absolute atomic E-state index is 12.4. The van der Waals surface area contributed by atoms with E-state index < -0.39 is 13.0 Å². The second kappa shape index (κ2) is 5.63. The molecule has 98 valence electrons. The van der Waals surface area contributed by atoms with Gasteiger partial charge in [0.05, 0.1) is 6.54 Å². The minimum absolute atomic E-state index is 0.0401. The molecule has 0 aromatic carbocycles. The summed E-state index contributed by atoms with van der Waals surface area (Å²) in [4.78, 5) is 13.5. The molecule has 2 aliphatic rings. The quantitative estimate of drug-likeness (QED) is 0.715. The molecule has 2 aliphatic carbocycles. The fraction of sp³-hybridized carbons (Fsp3) is 0.917. The smallest absolute Gasteiger partial charge is 0.255 e. The van der Waals surface area contributed by atoms with Crippen molar-refractivity contribution in [1.29, 1.82) is 0 Å². The molecule has 0 radical (unpaired) electrons. The van der Waals surface area contributed by atoms with Gasteiger partial charge >= 0.3 is 0 Å². The lowest BCUT2D eigenvalue weighted by Crippen LogP contribution is -2.38. The van der Waals surface area contributed by atoms with E-state index in [0.717, 1.165) is 12.8 Å². The number of alkyl halides is 3. The van der Waals surface area contributed by atoms with Crippen LogP contribution >= 0.6 is 15.9 Å². The largest absolute Gasteiger partial charge is 0.336 e. The van der Waals surface area contributed by atoms with Gasteiger partial charge in [0.1, 0.15) is 0 Å². The summed E-state index contributed by atoms with van der Waals surface area (Å²) in [5, 5.41) is 0.563. The Bertz CT molecular complexity index is 276. The van der Waals surface area contributed by atoms with Crippen molar-refractivity contribution in [2.45, 2.75) is 32.1 Å². The van der Waals surface area contributed by atoms with Gasteiger partial charge in [-0.25, -0.2) is 8.78 Å². The zero-order valence-electron chi connectivity index (χ0n) is 9.75. The SMILES string of the molecule is O=C(C1C2CCCCC21)N(CCBr)CC(F)F. The first-order chi connectivity index (χ1) is 8.15. The van der Waals surface area contributed by atoms with Crippen molar-refractivity contribution in [1.82, 2.24) is 4.90 Å². The Morgan fingerprint density at radius 2 is 1.88 bits per heavy atom. The Kier molecular flexibility index (Phi) is 4.39. The first-order valence-electron chi connectivity index (χ1n) is 6.28. The van der Waals surface area contributed by atoms with Crippen LogP contribution in [-0.2, 0) is 4.79 Å². The summed E-state index contributed by atoms with van der Waals surface area (Å²) in [6.45, 7) is -0.0283. The van der Waals surface area contributed by atoms with Crippen molar-refractivity contribution in [2.75, 3.05) is 18.4 Å². The monoisotopic (exact) mass is 309 g/mol. The zero-order valence-corrected chi connectivity index (χ0v) is 11.3. The number of carbonyl (C=O) groups is 1. The lowest BCUT2D eigenvalue weighted by molar-refractivity contribution is -0.134. The number of halogens is 3. The van der Waals surface area contributed by atoms with Gasteiger partial charge in [0.25, 0.3) is 6.43 Å². The molecule has 2 fully saturated rings. The summed E-state index contributed by atoms with van der Waals surface area (Å²) in [6.07, 6.45) is 2.17. The van der Waals surface area contributed by atoms with Crippen LogP contribution in [0.1, 0.15) is 25.7 Å². The van der Waals surface area contributed by atoms with E-state index in [1.165, 1.54) is 17.7 Å². The number of hydrogen-bond donors (Lipinski definition) is 0. The molecule has 1 amide bonds. The highest BCUT2D eigenvalue weighted by atomic mass is 79.9. The van der Waals surface area contributed by atoms with Crippen LogP contribution < -0.4 is 0 Å². The molecular formula is C12H18BrF2NO. The average molecular weight is 310 g/mol. The van der Waals surface area contributed by atoms with E-state index in [9.17, 15) is 13.6 Å². The average Bonchev–Trinajstić information content (AvgIpc) is 3.01. The van der Waals surface area contributed by atoms with Crippen molar-refractivity contribution in [2.24, 2.45) is 17.8 Å². The van der Waals surface area contributed by atoms with Crippen molar-refractivity contribution < 1.29 is 13.6 Å². The number of fused-ring (bicyclic) bond motifs is 1. The molecule has 0 heterocycles. The molecule has 2 saturated carbocycles. The Morgan fingerprint density at radius 1 is 1.29 bits per heavy atom.